The smallest absolute Gasteiger partial charge is 0.264 e. The summed E-state index contributed by atoms with van der Waals surface area (Å²) in [4.78, 5) is 58.3. The molecule has 4 amide bonds. The predicted molar refractivity (Wildman–Crippen MR) is 207 cm³/mol. The molecule has 14 heteroatoms. The number of fused-ring (bicyclic) bond motifs is 2. The number of carbonyl (C=O) groups is 4. The highest BCUT2D eigenvalue weighted by atomic mass is 28.4. The molecule has 5 aliphatic heterocycles. The molecular weight excluding hydrogens is 708 g/mol. The van der Waals surface area contributed by atoms with Crippen molar-refractivity contribution >= 4 is 49.1 Å². The van der Waals surface area contributed by atoms with Gasteiger partial charge in [0.2, 0.25) is 26.1 Å². The fourth-order valence-electron chi connectivity index (χ4n) is 9.64. The molecule has 2 aromatic rings. The average molecular weight is 763 g/mol. The SMILES string of the molecule is C[C@H]1[C@H]([Si](C)(C)F)[C@@H](CC(=O)N2CCC[C@H]2CO)O[C@]12C(=O)N(Cc1ccc(NC(=O)C3CCCNC3)cc1)c1ccc(NC(=O)C3CCCNC3)cc12. The fourth-order valence-corrected chi connectivity index (χ4v) is 12.1. The Morgan fingerprint density at radius 1 is 0.944 bits per heavy atom. The minimum atomic E-state index is -3.55. The second-order valence-electron chi connectivity index (χ2n) is 16.4. The number of amides is 4. The molecule has 0 aromatic heterocycles. The van der Waals surface area contributed by atoms with E-state index in [2.05, 4.69) is 21.3 Å². The number of aliphatic hydroxyl groups is 1. The highest BCUT2D eigenvalue weighted by Gasteiger charge is 2.67. The molecule has 7 rings (SSSR count). The van der Waals surface area contributed by atoms with Crippen molar-refractivity contribution in [2.45, 2.75) is 94.8 Å². The van der Waals surface area contributed by atoms with Gasteiger partial charge in [-0.05, 0) is 101 Å². The number of anilines is 3. The van der Waals surface area contributed by atoms with Crippen LogP contribution in [0.25, 0.3) is 0 Å². The predicted octanol–water partition coefficient (Wildman–Crippen LogP) is 4.26. The van der Waals surface area contributed by atoms with Crippen LogP contribution in [0.5, 0.6) is 0 Å². The molecule has 0 saturated carbocycles. The summed E-state index contributed by atoms with van der Waals surface area (Å²) in [5.41, 5.74) is 0.918. The van der Waals surface area contributed by atoms with Gasteiger partial charge in [-0.2, -0.15) is 0 Å². The van der Waals surface area contributed by atoms with E-state index in [1.54, 1.807) is 35.0 Å². The van der Waals surface area contributed by atoms with Crippen LogP contribution >= 0.6 is 0 Å². The van der Waals surface area contributed by atoms with Gasteiger partial charge in [0.05, 0.1) is 49.2 Å². The Balaban J connectivity index is 1.19. The minimum absolute atomic E-state index is 0.0194. The molecule has 0 radical (unpaired) electrons. The van der Waals surface area contributed by atoms with Crippen molar-refractivity contribution in [2.75, 3.05) is 54.9 Å². The monoisotopic (exact) mass is 762 g/mol. The number of carbonyl (C=O) groups excluding carboxylic acids is 4. The molecule has 4 saturated heterocycles. The van der Waals surface area contributed by atoms with Gasteiger partial charge in [0.1, 0.15) is 0 Å². The second kappa shape index (κ2) is 15.8. The maximum atomic E-state index is 16.5. The Bertz CT molecular complexity index is 1730. The van der Waals surface area contributed by atoms with Crippen LogP contribution in [0.3, 0.4) is 0 Å². The number of rotatable bonds is 10. The summed E-state index contributed by atoms with van der Waals surface area (Å²) in [6.45, 7) is 8.71. The normalized spacial score (nSPS) is 29.8. The average Bonchev–Trinajstić information content (AvgIpc) is 3.83. The number of halogens is 1. The number of hydrogen-bond acceptors (Lipinski definition) is 8. The zero-order valence-corrected chi connectivity index (χ0v) is 32.7. The molecule has 1 spiro atoms. The van der Waals surface area contributed by atoms with Crippen molar-refractivity contribution in [3.8, 4) is 0 Å². The number of piperidine rings is 2. The molecule has 5 aliphatic rings. The Morgan fingerprint density at radius 2 is 1.57 bits per heavy atom. The summed E-state index contributed by atoms with van der Waals surface area (Å²) in [5, 5.41) is 22.6. The Kier molecular flexibility index (Phi) is 11.3. The first-order chi connectivity index (χ1) is 25.9. The lowest BCUT2D eigenvalue weighted by atomic mass is 9.82. The summed E-state index contributed by atoms with van der Waals surface area (Å²) in [7, 11) is -3.55. The Morgan fingerprint density at radius 3 is 2.17 bits per heavy atom. The van der Waals surface area contributed by atoms with Gasteiger partial charge in [0.25, 0.3) is 5.91 Å². The zero-order valence-electron chi connectivity index (χ0n) is 31.7. The summed E-state index contributed by atoms with van der Waals surface area (Å²) < 4.78 is 23.4. The van der Waals surface area contributed by atoms with Gasteiger partial charge in [-0.15, -0.1) is 0 Å². The quantitative estimate of drug-likeness (QED) is 0.178. The molecule has 5 heterocycles. The largest absolute Gasteiger partial charge is 0.394 e. The van der Waals surface area contributed by atoms with Crippen LogP contribution in [0.4, 0.5) is 21.2 Å². The van der Waals surface area contributed by atoms with E-state index in [9.17, 15) is 19.5 Å². The molecule has 0 aliphatic carbocycles. The van der Waals surface area contributed by atoms with E-state index in [0.717, 1.165) is 50.8 Å². The van der Waals surface area contributed by atoms with Gasteiger partial charge in [0.15, 0.2) is 5.60 Å². The third-order valence-corrected chi connectivity index (χ3v) is 14.9. The van der Waals surface area contributed by atoms with E-state index in [0.29, 0.717) is 48.7 Å². The van der Waals surface area contributed by atoms with Crippen molar-refractivity contribution < 1.29 is 33.1 Å². The van der Waals surface area contributed by atoms with E-state index < -0.39 is 31.6 Å². The molecule has 2 aromatic carbocycles. The maximum absolute atomic E-state index is 16.5. The topological polar surface area (TPSA) is 152 Å². The van der Waals surface area contributed by atoms with Crippen molar-refractivity contribution in [3.63, 3.8) is 0 Å². The Labute approximate surface area is 318 Å². The number of benzene rings is 2. The fraction of sp³-hybridized carbons (Fsp3) is 0.600. The van der Waals surface area contributed by atoms with E-state index >= 15 is 8.90 Å². The van der Waals surface area contributed by atoms with E-state index in [-0.39, 0.29) is 61.1 Å². The highest BCUT2D eigenvalue weighted by molar-refractivity contribution is 6.72. The van der Waals surface area contributed by atoms with Gasteiger partial charge in [-0.3, -0.25) is 19.2 Å². The number of nitrogens with one attached hydrogen (secondary N) is 4. The number of hydrogen-bond donors (Lipinski definition) is 5. The summed E-state index contributed by atoms with van der Waals surface area (Å²) in [6.07, 6.45) is 4.04. The van der Waals surface area contributed by atoms with Gasteiger partial charge < -0.3 is 45.0 Å². The van der Waals surface area contributed by atoms with E-state index in [4.69, 9.17) is 4.74 Å². The first kappa shape index (κ1) is 38.6. The summed E-state index contributed by atoms with van der Waals surface area (Å²) in [5.74, 6) is -1.55. The number of aliphatic hydroxyl groups excluding tert-OH is 1. The third kappa shape index (κ3) is 7.47. The van der Waals surface area contributed by atoms with Crippen LogP contribution in [0.2, 0.25) is 18.6 Å². The van der Waals surface area contributed by atoms with E-state index in [1.165, 1.54) is 0 Å². The van der Waals surface area contributed by atoms with Crippen LogP contribution in [0, 0.1) is 17.8 Å². The molecule has 12 nitrogen and oxygen atoms in total. The van der Waals surface area contributed by atoms with Gasteiger partial charge in [-0.1, -0.05) is 19.1 Å². The zero-order chi connectivity index (χ0) is 38.2. The van der Waals surface area contributed by atoms with Crippen LogP contribution in [0.1, 0.15) is 63.0 Å². The van der Waals surface area contributed by atoms with Crippen LogP contribution in [0.15, 0.2) is 42.5 Å². The van der Waals surface area contributed by atoms with Crippen molar-refractivity contribution in [2.24, 2.45) is 17.8 Å². The summed E-state index contributed by atoms with van der Waals surface area (Å²) >= 11 is 0. The molecule has 5 N–H and O–H groups in total. The van der Waals surface area contributed by atoms with Crippen LogP contribution in [-0.2, 0) is 36.1 Å². The number of ether oxygens (including phenoxy) is 1. The van der Waals surface area contributed by atoms with Gasteiger partial charge in [0, 0.05) is 48.0 Å². The van der Waals surface area contributed by atoms with Crippen LogP contribution in [-0.4, -0.2) is 93.5 Å². The van der Waals surface area contributed by atoms with Crippen molar-refractivity contribution in [1.29, 1.82) is 0 Å². The lowest BCUT2D eigenvalue weighted by molar-refractivity contribution is -0.150. The van der Waals surface area contributed by atoms with E-state index in [1.807, 2.05) is 37.3 Å². The molecule has 292 valence electrons. The summed E-state index contributed by atoms with van der Waals surface area (Å²) in [6, 6.07) is 12.6. The lowest BCUT2D eigenvalue weighted by Gasteiger charge is -2.31. The van der Waals surface area contributed by atoms with Crippen molar-refractivity contribution in [3.05, 3.63) is 53.6 Å². The lowest BCUT2D eigenvalue weighted by Crippen LogP contribution is -2.45. The molecule has 7 atom stereocenters. The molecule has 0 bridgehead atoms. The molecule has 2 unspecified atom stereocenters. The molecule has 54 heavy (non-hydrogen) atoms. The maximum Gasteiger partial charge on any atom is 0.264 e. The van der Waals surface area contributed by atoms with Gasteiger partial charge >= 0.3 is 0 Å². The molecular formula is C40H55FN6O6Si. The van der Waals surface area contributed by atoms with Crippen molar-refractivity contribution in [1.82, 2.24) is 15.5 Å². The van der Waals surface area contributed by atoms with Crippen LogP contribution < -0.4 is 26.2 Å². The number of likely N-dealkylation sites (tertiary alicyclic amines) is 1. The highest BCUT2D eigenvalue weighted by Crippen LogP contribution is 2.60. The first-order valence-electron chi connectivity index (χ1n) is 19.8. The third-order valence-electron chi connectivity index (χ3n) is 12.4. The second-order valence-corrected chi connectivity index (χ2v) is 20.2. The number of nitrogens with zero attached hydrogens (tertiary/aromatic N) is 2. The minimum Gasteiger partial charge on any atom is -0.394 e. The standard InChI is InChI=1S/C40H55FN6O6Si/c1-25-36(54(2,3)41)34(20-35(49)46-18-6-9-31(46)24-48)53-40(25)32-19-30(45-38(51)28-8-5-17-43-22-28)14-15-33(32)47(39(40)52)23-26-10-12-29(13-11-26)44-37(50)27-7-4-16-42-21-27/h10-15,19,25,27-28,31,34,36,42-43,48H,4-9,16-18,20-24H2,1-3H3,(H,44,50)(H,45,51)/t25-,27?,28?,31-,34+,36-,40+/m0/s1. The Hall–Kier alpha value is -3.69. The first-order valence-corrected chi connectivity index (χ1v) is 22.7. The van der Waals surface area contributed by atoms with Gasteiger partial charge in [-0.25, -0.2) is 0 Å². The molecule has 4 fully saturated rings.